The maximum atomic E-state index is 12.2. The quantitative estimate of drug-likeness (QED) is 0.595. The largest absolute Gasteiger partial charge is 0.465 e. The zero-order valence-electron chi connectivity index (χ0n) is 10.9. The Hall–Kier alpha value is -0.620. The zero-order chi connectivity index (χ0) is 13.6. The van der Waals surface area contributed by atoms with E-state index in [1.54, 1.807) is 6.92 Å². The highest BCUT2D eigenvalue weighted by atomic mass is 32.2. The lowest BCUT2D eigenvalue weighted by molar-refractivity contribution is -0.139. The van der Waals surface area contributed by atoms with Crippen LogP contribution in [-0.2, 0) is 19.4 Å². The van der Waals surface area contributed by atoms with E-state index in [0.29, 0.717) is 13.0 Å². The second-order valence-corrected chi connectivity index (χ2v) is 7.00. The molecule has 18 heavy (non-hydrogen) atoms. The molecule has 0 amide bonds. The van der Waals surface area contributed by atoms with E-state index in [1.807, 2.05) is 0 Å². The Bertz CT molecular complexity index is 366. The number of nitrogens with two attached hydrogens (primary N) is 1. The highest BCUT2D eigenvalue weighted by Gasteiger charge is 2.35. The van der Waals surface area contributed by atoms with Crippen LogP contribution < -0.4 is 5.73 Å². The highest BCUT2D eigenvalue weighted by molar-refractivity contribution is 7.92. The Balaban J connectivity index is 2.76. The van der Waals surface area contributed by atoms with Crippen molar-refractivity contribution in [1.82, 2.24) is 0 Å². The molecule has 2 atom stereocenters. The second-order valence-electron chi connectivity index (χ2n) is 4.78. The van der Waals surface area contributed by atoms with Crippen LogP contribution in [0.3, 0.4) is 0 Å². The fourth-order valence-corrected chi connectivity index (χ4v) is 4.55. The summed E-state index contributed by atoms with van der Waals surface area (Å²) in [6, 6.07) is 0. The zero-order valence-corrected chi connectivity index (χ0v) is 11.7. The minimum atomic E-state index is -3.44. The summed E-state index contributed by atoms with van der Waals surface area (Å²) in [5.41, 5.74) is 5.67. The number of hydrogen-bond donors (Lipinski definition) is 1. The predicted octanol–water partition coefficient (Wildman–Crippen LogP) is 0.872. The number of sulfone groups is 1. The van der Waals surface area contributed by atoms with Crippen LogP contribution in [0.25, 0.3) is 0 Å². The summed E-state index contributed by atoms with van der Waals surface area (Å²) in [6.45, 7) is 2.24. The highest BCUT2D eigenvalue weighted by Crippen LogP contribution is 2.28. The monoisotopic (exact) mass is 277 g/mol. The first-order valence-electron chi connectivity index (χ1n) is 6.58. The molecule has 0 spiro atoms. The normalized spacial score (nSPS) is 25.4. The van der Waals surface area contributed by atoms with Crippen LogP contribution in [0.15, 0.2) is 0 Å². The first kappa shape index (κ1) is 15.4. The van der Waals surface area contributed by atoms with Crippen molar-refractivity contribution in [3.63, 3.8) is 0 Å². The van der Waals surface area contributed by atoms with Gasteiger partial charge in [-0.3, -0.25) is 4.79 Å². The Morgan fingerprint density at radius 2 is 1.94 bits per heavy atom. The van der Waals surface area contributed by atoms with Gasteiger partial charge in [-0.15, -0.1) is 0 Å². The molecule has 0 aromatic heterocycles. The third-order valence-corrected chi connectivity index (χ3v) is 5.66. The van der Waals surface area contributed by atoms with Crippen LogP contribution in [-0.4, -0.2) is 38.5 Å². The van der Waals surface area contributed by atoms with Gasteiger partial charge in [0.2, 0.25) is 0 Å². The number of rotatable bonds is 5. The van der Waals surface area contributed by atoms with Crippen LogP contribution in [0.1, 0.15) is 39.0 Å². The summed E-state index contributed by atoms with van der Waals surface area (Å²) < 4.78 is 29.2. The maximum absolute atomic E-state index is 12.2. The van der Waals surface area contributed by atoms with Gasteiger partial charge in [0.25, 0.3) is 0 Å². The molecule has 5 nitrogen and oxygen atoms in total. The van der Waals surface area contributed by atoms with Gasteiger partial charge >= 0.3 is 5.97 Å². The van der Waals surface area contributed by atoms with Crippen LogP contribution in [0.4, 0.5) is 0 Å². The Kier molecular flexibility index (Phi) is 6.08. The van der Waals surface area contributed by atoms with Gasteiger partial charge in [-0.25, -0.2) is 8.42 Å². The summed E-state index contributed by atoms with van der Waals surface area (Å²) in [6.07, 6.45) is 4.41. The van der Waals surface area contributed by atoms with Gasteiger partial charge in [0.05, 0.1) is 11.9 Å². The molecule has 0 aliphatic heterocycles. The van der Waals surface area contributed by atoms with Gasteiger partial charge in [0.1, 0.15) is 5.75 Å². The van der Waals surface area contributed by atoms with E-state index in [1.165, 1.54) is 0 Å². The lowest BCUT2D eigenvalue weighted by atomic mass is 10.0. The van der Waals surface area contributed by atoms with Crippen molar-refractivity contribution in [3.8, 4) is 0 Å². The Morgan fingerprint density at radius 1 is 1.28 bits per heavy atom. The average Bonchev–Trinajstić information content (AvgIpc) is 2.53. The fourth-order valence-electron chi connectivity index (χ4n) is 2.57. The van der Waals surface area contributed by atoms with Crippen LogP contribution in [0.5, 0.6) is 0 Å². The van der Waals surface area contributed by atoms with E-state index in [9.17, 15) is 13.2 Å². The first-order chi connectivity index (χ1) is 8.51. The number of hydrogen-bond acceptors (Lipinski definition) is 5. The van der Waals surface area contributed by atoms with Crippen molar-refractivity contribution in [2.45, 2.75) is 44.3 Å². The Morgan fingerprint density at radius 3 is 2.56 bits per heavy atom. The van der Waals surface area contributed by atoms with Crippen LogP contribution >= 0.6 is 0 Å². The molecule has 1 fully saturated rings. The average molecular weight is 277 g/mol. The minimum Gasteiger partial charge on any atom is -0.465 e. The summed E-state index contributed by atoms with van der Waals surface area (Å²) >= 11 is 0. The van der Waals surface area contributed by atoms with Crippen molar-refractivity contribution in [2.24, 2.45) is 11.7 Å². The molecule has 0 aromatic carbocycles. The molecular weight excluding hydrogens is 254 g/mol. The fraction of sp³-hybridized carbons (Fsp3) is 0.917. The van der Waals surface area contributed by atoms with Gasteiger partial charge in [-0.1, -0.05) is 19.3 Å². The number of ether oxygens (including phenoxy) is 1. The molecule has 1 saturated carbocycles. The molecule has 1 aliphatic carbocycles. The Labute approximate surface area is 109 Å². The molecular formula is C12H23NO4S. The second kappa shape index (κ2) is 7.09. The van der Waals surface area contributed by atoms with Crippen molar-refractivity contribution in [3.05, 3.63) is 0 Å². The molecule has 0 radical (unpaired) electrons. The smallest absolute Gasteiger partial charge is 0.321 e. The summed E-state index contributed by atoms with van der Waals surface area (Å²) in [4.78, 5) is 11.3. The van der Waals surface area contributed by atoms with Gasteiger partial charge in [-0.2, -0.15) is 0 Å². The molecule has 106 valence electrons. The molecule has 2 unspecified atom stereocenters. The molecule has 6 heteroatoms. The topological polar surface area (TPSA) is 86.5 Å². The third-order valence-electron chi connectivity index (χ3n) is 3.48. The maximum Gasteiger partial charge on any atom is 0.321 e. The van der Waals surface area contributed by atoms with Gasteiger partial charge in [0, 0.05) is 0 Å². The van der Waals surface area contributed by atoms with E-state index >= 15 is 0 Å². The molecule has 1 rings (SSSR count). The minimum absolute atomic E-state index is 0.0214. The van der Waals surface area contributed by atoms with Crippen molar-refractivity contribution in [1.29, 1.82) is 0 Å². The molecule has 0 heterocycles. The van der Waals surface area contributed by atoms with E-state index in [-0.39, 0.29) is 12.5 Å². The van der Waals surface area contributed by atoms with E-state index in [2.05, 4.69) is 0 Å². The van der Waals surface area contributed by atoms with Gasteiger partial charge < -0.3 is 10.5 Å². The number of carbonyl (C=O) groups excluding carboxylic acids is 1. The molecule has 1 aliphatic rings. The van der Waals surface area contributed by atoms with Crippen molar-refractivity contribution < 1.29 is 17.9 Å². The summed E-state index contributed by atoms with van der Waals surface area (Å²) in [5.74, 6) is -1.19. The lowest BCUT2D eigenvalue weighted by Crippen LogP contribution is -2.37. The predicted molar refractivity (Wildman–Crippen MR) is 69.8 cm³/mol. The summed E-state index contributed by atoms with van der Waals surface area (Å²) in [7, 11) is -3.44. The first-order valence-corrected chi connectivity index (χ1v) is 8.30. The SMILES string of the molecule is CCOC(=O)CS(=O)(=O)C1CCCCCC1CN. The summed E-state index contributed by atoms with van der Waals surface area (Å²) in [5, 5.41) is -0.477. The molecule has 0 aromatic rings. The lowest BCUT2D eigenvalue weighted by Gasteiger charge is -2.23. The number of esters is 1. The molecule has 0 saturated heterocycles. The van der Waals surface area contributed by atoms with Gasteiger partial charge in [0.15, 0.2) is 9.84 Å². The third kappa shape index (κ3) is 4.24. The van der Waals surface area contributed by atoms with E-state index in [0.717, 1.165) is 25.7 Å². The molecule has 0 bridgehead atoms. The van der Waals surface area contributed by atoms with Crippen molar-refractivity contribution in [2.75, 3.05) is 18.9 Å². The molecule has 2 N–H and O–H groups in total. The van der Waals surface area contributed by atoms with Crippen molar-refractivity contribution >= 4 is 15.8 Å². The number of carbonyl (C=O) groups is 1. The van der Waals surface area contributed by atoms with Crippen LogP contribution in [0, 0.1) is 5.92 Å². The van der Waals surface area contributed by atoms with E-state index < -0.39 is 26.8 Å². The van der Waals surface area contributed by atoms with Crippen LogP contribution in [0.2, 0.25) is 0 Å². The standard InChI is InChI=1S/C12H23NO4S/c1-2-17-12(14)9-18(15,16)11-7-5-3-4-6-10(11)8-13/h10-11H,2-9,13H2,1H3. The van der Waals surface area contributed by atoms with Gasteiger partial charge in [-0.05, 0) is 32.2 Å². The van der Waals surface area contributed by atoms with E-state index in [4.69, 9.17) is 10.5 Å².